The molecule has 1 atom stereocenters. The van der Waals surface area contributed by atoms with Crippen molar-refractivity contribution in [2.24, 2.45) is 0 Å². The van der Waals surface area contributed by atoms with Crippen LogP contribution in [0.3, 0.4) is 0 Å². The topological polar surface area (TPSA) is 58.1 Å². The molecule has 2 aromatic rings. The molecule has 23 heavy (non-hydrogen) atoms. The van der Waals surface area contributed by atoms with Gasteiger partial charge in [0.15, 0.2) is 0 Å². The Kier molecular flexibility index (Phi) is 5.38. The molecule has 1 saturated heterocycles. The number of carbonyl (C=O) groups excluding carboxylic acids is 1. The minimum atomic E-state index is -0.247. The van der Waals surface area contributed by atoms with E-state index >= 15 is 0 Å². The largest absolute Gasteiger partial charge is 0.323 e. The van der Waals surface area contributed by atoms with Crippen LogP contribution < -0.4 is 5.32 Å². The average molecular weight is 392 g/mol. The van der Waals surface area contributed by atoms with E-state index in [1.54, 1.807) is 18.2 Å². The quantitative estimate of drug-likeness (QED) is 0.852. The Morgan fingerprint density at radius 1 is 1.39 bits per heavy atom. The summed E-state index contributed by atoms with van der Waals surface area (Å²) in [5, 5.41) is 7.84. The van der Waals surface area contributed by atoms with Gasteiger partial charge in [-0.25, -0.2) is 0 Å². The lowest BCUT2D eigenvalue weighted by Gasteiger charge is -2.23. The summed E-state index contributed by atoms with van der Waals surface area (Å²) in [7, 11) is 0. The number of halogens is 3. The summed E-state index contributed by atoms with van der Waals surface area (Å²) in [4.78, 5) is 14.6. The van der Waals surface area contributed by atoms with Crippen LogP contribution >= 0.6 is 46.3 Å². The van der Waals surface area contributed by atoms with Gasteiger partial charge >= 0.3 is 0 Å². The molecule has 0 bridgehead atoms. The van der Waals surface area contributed by atoms with Gasteiger partial charge < -0.3 is 5.32 Å². The van der Waals surface area contributed by atoms with Crippen molar-refractivity contribution < 1.29 is 4.79 Å². The minimum Gasteiger partial charge on any atom is -0.323 e. The van der Waals surface area contributed by atoms with E-state index in [2.05, 4.69) is 19.8 Å². The molecule has 1 fully saturated rings. The number of nitrogens with one attached hydrogen (secondary N) is 1. The minimum absolute atomic E-state index is 0.106. The third-order valence-electron chi connectivity index (χ3n) is 3.71. The second-order valence-electron chi connectivity index (χ2n) is 5.24. The van der Waals surface area contributed by atoms with Gasteiger partial charge in [0.25, 0.3) is 0 Å². The molecule has 0 radical (unpaired) electrons. The summed E-state index contributed by atoms with van der Waals surface area (Å²) in [6.07, 6.45) is 1.72. The zero-order valence-electron chi connectivity index (χ0n) is 11.9. The number of hydrogen-bond donors (Lipinski definition) is 1. The van der Waals surface area contributed by atoms with Crippen LogP contribution in [0.4, 0.5) is 5.69 Å². The van der Waals surface area contributed by atoms with E-state index in [0.29, 0.717) is 32.3 Å². The van der Waals surface area contributed by atoms with E-state index in [1.807, 2.05) is 0 Å². The van der Waals surface area contributed by atoms with Crippen LogP contribution in [-0.4, -0.2) is 33.0 Å². The number of benzene rings is 1. The van der Waals surface area contributed by atoms with Crippen molar-refractivity contribution in [3.63, 3.8) is 0 Å². The highest BCUT2D eigenvalue weighted by Gasteiger charge is 2.32. The first-order valence-electron chi connectivity index (χ1n) is 7.01. The number of aromatic nitrogens is 2. The summed E-state index contributed by atoms with van der Waals surface area (Å²) in [5.74, 6) is -0.106. The monoisotopic (exact) mass is 390 g/mol. The van der Waals surface area contributed by atoms with Crippen molar-refractivity contribution >= 4 is 57.9 Å². The van der Waals surface area contributed by atoms with E-state index in [0.717, 1.165) is 30.9 Å². The fourth-order valence-electron chi connectivity index (χ4n) is 2.61. The maximum absolute atomic E-state index is 12.6. The molecule has 3 rings (SSSR count). The van der Waals surface area contributed by atoms with Crippen molar-refractivity contribution in [1.29, 1.82) is 0 Å². The Balaban J connectivity index is 1.70. The molecule has 0 saturated carbocycles. The SMILES string of the molecule is O=C(Nc1cc(Cl)ccc1Cl)[C@@H]1CCCN1Cc1nnsc1Cl. The molecule has 1 aromatic carbocycles. The Morgan fingerprint density at radius 3 is 2.96 bits per heavy atom. The first-order valence-corrected chi connectivity index (χ1v) is 8.92. The Labute approximate surface area is 152 Å². The first kappa shape index (κ1) is 16.9. The molecule has 2 heterocycles. The average Bonchev–Trinajstić information content (AvgIpc) is 3.13. The molecule has 1 aromatic heterocycles. The van der Waals surface area contributed by atoms with Gasteiger partial charge in [-0.2, -0.15) is 0 Å². The predicted octanol–water partition coefficient (Wildman–Crippen LogP) is 4.10. The zero-order chi connectivity index (χ0) is 16.4. The van der Waals surface area contributed by atoms with Gasteiger partial charge in [-0.1, -0.05) is 39.3 Å². The normalized spacial score (nSPS) is 18.3. The van der Waals surface area contributed by atoms with Crippen molar-refractivity contribution in [3.8, 4) is 0 Å². The van der Waals surface area contributed by atoms with Crippen molar-refractivity contribution in [2.75, 3.05) is 11.9 Å². The standard InChI is InChI=1S/C14H13Cl3N4OS/c15-8-3-4-9(16)10(6-8)18-14(22)12-2-1-5-21(12)7-11-13(17)23-20-19-11/h3-4,6,12H,1-2,5,7H2,(H,18,22)/t12-/m0/s1. The van der Waals surface area contributed by atoms with Crippen molar-refractivity contribution in [1.82, 2.24) is 14.5 Å². The maximum atomic E-state index is 12.6. The summed E-state index contributed by atoms with van der Waals surface area (Å²) in [6.45, 7) is 1.33. The third-order valence-corrected chi connectivity index (χ3v) is 5.26. The van der Waals surface area contributed by atoms with Gasteiger partial charge in [0, 0.05) is 23.1 Å². The number of rotatable bonds is 4. The number of anilines is 1. The lowest BCUT2D eigenvalue weighted by atomic mass is 10.2. The third kappa shape index (κ3) is 3.95. The second kappa shape index (κ2) is 7.32. The van der Waals surface area contributed by atoms with Gasteiger partial charge in [0.2, 0.25) is 5.91 Å². The van der Waals surface area contributed by atoms with E-state index in [-0.39, 0.29) is 11.9 Å². The van der Waals surface area contributed by atoms with E-state index < -0.39 is 0 Å². The van der Waals surface area contributed by atoms with Crippen LogP contribution in [0.15, 0.2) is 18.2 Å². The smallest absolute Gasteiger partial charge is 0.241 e. The summed E-state index contributed by atoms with van der Waals surface area (Å²) < 4.78 is 4.39. The molecule has 1 aliphatic heterocycles. The Morgan fingerprint density at radius 2 is 2.22 bits per heavy atom. The van der Waals surface area contributed by atoms with Crippen LogP contribution in [0.2, 0.25) is 14.4 Å². The fourth-order valence-corrected chi connectivity index (χ4v) is 3.55. The van der Waals surface area contributed by atoms with Crippen molar-refractivity contribution in [3.05, 3.63) is 38.3 Å². The molecular formula is C14H13Cl3N4OS. The molecule has 1 N–H and O–H groups in total. The van der Waals surface area contributed by atoms with Crippen LogP contribution in [0.1, 0.15) is 18.5 Å². The van der Waals surface area contributed by atoms with E-state index in [9.17, 15) is 4.79 Å². The van der Waals surface area contributed by atoms with Gasteiger partial charge in [0.05, 0.1) is 16.8 Å². The number of nitrogens with zero attached hydrogens (tertiary/aromatic N) is 3. The summed E-state index contributed by atoms with van der Waals surface area (Å²) in [6, 6.07) is 4.73. The highest BCUT2D eigenvalue weighted by Crippen LogP contribution is 2.28. The molecular weight excluding hydrogens is 379 g/mol. The second-order valence-corrected chi connectivity index (χ2v) is 7.44. The molecule has 0 unspecified atom stereocenters. The van der Waals surface area contributed by atoms with Crippen LogP contribution in [0.5, 0.6) is 0 Å². The molecule has 1 aliphatic rings. The first-order chi connectivity index (χ1) is 11.0. The van der Waals surface area contributed by atoms with Gasteiger partial charge in [-0.05, 0) is 37.6 Å². The lowest BCUT2D eigenvalue weighted by molar-refractivity contribution is -0.120. The molecule has 0 aliphatic carbocycles. The Hall–Kier alpha value is -0.920. The van der Waals surface area contributed by atoms with E-state index in [1.165, 1.54) is 0 Å². The molecule has 1 amide bonds. The number of amides is 1. The molecule has 122 valence electrons. The number of carbonyl (C=O) groups is 1. The van der Waals surface area contributed by atoms with Crippen molar-refractivity contribution in [2.45, 2.75) is 25.4 Å². The van der Waals surface area contributed by atoms with Gasteiger partial charge in [-0.3, -0.25) is 9.69 Å². The highest BCUT2D eigenvalue weighted by molar-refractivity contribution is 7.10. The highest BCUT2D eigenvalue weighted by atomic mass is 35.5. The molecule has 5 nitrogen and oxygen atoms in total. The van der Waals surface area contributed by atoms with Crippen LogP contribution in [0.25, 0.3) is 0 Å². The summed E-state index contributed by atoms with van der Waals surface area (Å²) in [5.41, 5.74) is 1.22. The Bertz CT molecular complexity index is 724. The maximum Gasteiger partial charge on any atom is 0.241 e. The predicted molar refractivity (Wildman–Crippen MR) is 93.4 cm³/mol. The zero-order valence-corrected chi connectivity index (χ0v) is 15.0. The molecule has 0 spiro atoms. The van der Waals surface area contributed by atoms with Gasteiger partial charge in [0.1, 0.15) is 10.0 Å². The van der Waals surface area contributed by atoms with Gasteiger partial charge in [-0.15, -0.1) is 5.10 Å². The van der Waals surface area contributed by atoms with E-state index in [4.69, 9.17) is 34.8 Å². The van der Waals surface area contributed by atoms with Crippen LogP contribution in [-0.2, 0) is 11.3 Å². The number of likely N-dealkylation sites (tertiary alicyclic amines) is 1. The number of hydrogen-bond acceptors (Lipinski definition) is 5. The summed E-state index contributed by atoms with van der Waals surface area (Å²) >= 11 is 19.2. The lowest BCUT2D eigenvalue weighted by Crippen LogP contribution is -2.39. The van der Waals surface area contributed by atoms with Crippen LogP contribution in [0, 0.1) is 0 Å². The molecule has 9 heteroatoms. The fraction of sp³-hybridized carbons (Fsp3) is 0.357.